The molecular formula is C45H26N4S3. The van der Waals surface area contributed by atoms with Gasteiger partial charge in [0.2, 0.25) is 5.95 Å². The smallest absolute Gasteiger partial charge is 0.238 e. The lowest BCUT2D eigenvalue weighted by atomic mass is 10.1. The van der Waals surface area contributed by atoms with Crippen LogP contribution in [0.2, 0.25) is 0 Å². The van der Waals surface area contributed by atoms with E-state index < -0.39 is 0 Å². The van der Waals surface area contributed by atoms with Crippen LogP contribution < -0.4 is 4.90 Å². The van der Waals surface area contributed by atoms with Crippen LogP contribution in [-0.4, -0.2) is 15.0 Å². The highest BCUT2D eigenvalue weighted by atomic mass is 32.1. The van der Waals surface area contributed by atoms with E-state index in [0.29, 0.717) is 17.6 Å². The number of aromatic nitrogens is 3. The molecule has 7 heteroatoms. The SMILES string of the molecule is c1ccc(N(c2ccc3c(c2)sc2ccccc23)c2nc(-c3ccc4c(c3)sc3ccccc34)nc(-c3ccc4sc5ccccc5c4c3)n2)cc1. The summed E-state index contributed by atoms with van der Waals surface area (Å²) in [7, 11) is 0. The van der Waals surface area contributed by atoms with Crippen LogP contribution in [0.5, 0.6) is 0 Å². The number of rotatable bonds is 5. The molecule has 11 aromatic rings. The van der Waals surface area contributed by atoms with Gasteiger partial charge in [-0.15, -0.1) is 34.0 Å². The largest absolute Gasteiger partial charge is 0.279 e. The van der Waals surface area contributed by atoms with Gasteiger partial charge in [-0.1, -0.05) is 91.0 Å². The van der Waals surface area contributed by atoms with Crippen molar-refractivity contribution in [2.75, 3.05) is 4.90 Å². The monoisotopic (exact) mass is 718 g/mol. The minimum absolute atomic E-state index is 0.568. The fourth-order valence-electron chi connectivity index (χ4n) is 7.26. The second-order valence-corrected chi connectivity index (χ2v) is 16.1. The second-order valence-electron chi connectivity index (χ2n) is 12.9. The van der Waals surface area contributed by atoms with Crippen LogP contribution >= 0.6 is 34.0 Å². The Hall–Kier alpha value is -5.99. The summed E-state index contributed by atoms with van der Waals surface area (Å²) in [5.41, 5.74) is 3.88. The molecular weight excluding hydrogens is 693 g/mol. The molecule has 0 aliphatic rings. The quantitative estimate of drug-likeness (QED) is 0.178. The third-order valence-corrected chi connectivity index (χ3v) is 13.1. The number of hydrogen-bond donors (Lipinski definition) is 0. The van der Waals surface area contributed by atoms with E-state index in [0.717, 1.165) is 22.5 Å². The lowest BCUT2D eigenvalue weighted by Gasteiger charge is -2.24. The maximum Gasteiger partial charge on any atom is 0.238 e. The highest BCUT2D eigenvalue weighted by Crippen LogP contribution is 2.42. The van der Waals surface area contributed by atoms with Crippen LogP contribution in [0, 0.1) is 0 Å². The van der Waals surface area contributed by atoms with E-state index in [-0.39, 0.29) is 0 Å². The molecule has 0 unspecified atom stereocenters. The van der Waals surface area contributed by atoms with Gasteiger partial charge in [0.1, 0.15) is 0 Å². The standard InChI is InChI=1S/C45H26N4S3/c1-2-10-29(11-3-1)49(30-20-22-35-32-13-5-8-16-38(32)52-42(35)26-30)45-47-43(27-19-23-40-36(24-27)33-14-6-9-17-39(33)50-40)46-44(48-45)28-18-21-34-31-12-4-7-15-37(31)51-41(34)25-28/h1-26H. The Kier molecular flexibility index (Phi) is 6.73. The molecule has 0 saturated carbocycles. The Morgan fingerprint density at radius 1 is 0.327 bits per heavy atom. The Bertz CT molecular complexity index is 3160. The van der Waals surface area contributed by atoms with E-state index in [2.05, 4.69) is 157 Å². The molecule has 52 heavy (non-hydrogen) atoms. The molecule has 0 atom stereocenters. The minimum atomic E-state index is 0.568. The first-order chi connectivity index (χ1) is 25.7. The molecule has 0 bridgehead atoms. The Balaban J connectivity index is 1.15. The maximum absolute atomic E-state index is 5.29. The zero-order chi connectivity index (χ0) is 34.2. The molecule has 7 aromatic carbocycles. The molecule has 0 amide bonds. The third-order valence-electron chi connectivity index (χ3n) is 9.73. The normalized spacial score (nSPS) is 11.8. The van der Waals surface area contributed by atoms with Gasteiger partial charge >= 0.3 is 0 Å². The average molecular weight is 719 g/mol. The predicted octanol–water partition coefficient (Wildman–Crippen LogP) is 13.8. The molecule has 0 spiro atoms. The van der Waals surface area contributed by atoms with Crippen molar-refractivity contribution in [1.29, 1.82) is 0 Å². The minimum Gasteiger partial charge on any atom is -0.279 e. The van der Waals surface area contributed by atoms with Gasteiger partial charge in [-0.2, -0.15) is 9.97 Å². The number of para-hydroxylation sites is 1. The van der Waals surface area contributed by atoms with Crippen molar-refractivity contribution in [3.8, 4) is 22.8 Å². The van der Waals surface area contributed by atoms with Crippen molar-refractivity contribution in [2.45, 2.75) is 0 Å². The van der Waals surface area contributed by atoms with Crippen LogP contribution in [0.1, 0.15) is 0 Å². The van der Waals surface area contributed by atoms with Crippen molar-refractivity contribution >= 4 is 112 Å². The van der Waals surface area contributed by atoms with E-state index in [1.165, 1.54) is 60.5 Å². The molecule has 4 nitrogen and oxygen atoms in total. The first kappa shape index (κ1) is 29.7. The van der Waals surface area contributed by atoms with Crippen LogP contribution in [0.3, 0.4) is 0 Å². The number of hydrogen-bond acceptors (Lipinski definition) is 7. The van der Waals surface area contributed by atoms with Crippen molar-refractivity contribution in [3.63, 3.8) is 0 Å². The van der Waals surface area contributed by atoms with E-state index in [1.807, 2.05) is 28.7 Å². The summed E-state index contributed by atoms with van der Waals surface area (Å²) in [6.45, 7) is 0. The Labute approximate surface area is 310 Å². The van der Waals surface area contributed by atoms with Gasteiger partial charge in [0, 0.05) is 77.3 Å². The summed E-state index contributed by atoms with van der Waals surface area (Å²) >= 11 is 5.43. The Morgan fingerprint density at radius 3 is 1.48 bits per heavy atom. The summed E-state index contributed by atoms with van der Waals surface area (Å²) in [5, 5.41) is 7.51. The lowest BCUT2D eigenvalue weighted by Crippen LogP contribution is -2.15. The lowest BCUT2D eigenvalue weighted by molar-refractivity contribution is 1.02. The summed E-state index contributed by atoms with van der Waals surface area (Å²) in [6.07, 6.45) is 0. The molecule has 0 fully saturated rings. The molecule has 4 heterocycles. The van der Waals surface area contributed by atoms with Gasteiger partial charge in [0.05, 0.1) is 5.69 Å². The summed E-state index contributed by atoms with van der Waals surface area (Å²) in [5.74, 6) is 1.84. The zero-order valence-corrected chi connectivity index (χ0v) is 30.0. The molecule has 244 valence electrons. The predicted molar refractivity (Wildman–Crippen MR) is 224 cm³/mol. The first-order valence-corrected chi connectivity index (χ1v) is 19.5. The van der Waals surface area contributed by atoms with Crippen molar-refractivity contribution < 1.29 is 0 Å². The summed E-state index contributed by atoms with van der Waals surface area (Å²) in [6, 6.07) is 56.1. The molecule has 0 N–H and O–H groups in total. The molecule has 4 aromatic heterocycles. The first-order valence-electron chi connectivity index (χ1n) is 17.1. The molecule has 0 aliphatic carbocycles. The van der Waals surface area contributed by atoms with Crippen molar-refractivity contribution in [1.82, 2.24) is 15.0 Å². The van der Waals surface area contributed by atoms with Gasteiger partial charge < -0.3 is 0 Å². The number of benzene rings is 7. The number of thiophene rings is 3. The third kappa shape index (κ3) is 4.82. The second kappa shape index (κ2) is 11.8. The highest BCUT2D eigenvalue weighted by molar-refractivity contribution is 7.26. The van der Waals surface area contributed by atoms with E-state index in [9.17, 15) is 0 Å². The van der Waals surface area contributed by atoms with Crippen LogP contribution in [-0.2, 0) is 0 Å². The van der Waals surface area contributed by atoms with Crippen LogP contribution in [0.15, 0.2) is 158 Å². The molecule has 0 radical (unpaired) electrons. The Morgan fingerprint density at radius 2 is 0.808 bits per heavy atom. The molecule has 0 aliphatic heterocycles. The average Bonchev–Trinajstić information content (AvgIpc) is 3.88. The van der Waals surface area contributed by atoms with Gasteiger partial charge in [-0.25, -0.2) is 4.98 Å². The van der Waals surface area contributed by atoms with Gasteiger partial charge in [0.15, 0.2) is 11.6 Å². The van der Waals surface area contributed by atoms with Crippen LogP contribution in [0.25, 0.3) is 83.3 Å². The summed E-state index contributed by atoms with van der Waals surface area (Å²) in [4.78, 5) is 17.9. The van der Waals surface area contributed by atoms with Crippen molar-refractivity contribution in [2.24, 2.45) is 0 Å². The molecule has 11 rings (SSSR count). The number of anilines is 3. The van der Waals surface area contributed by atoms with E-state index in [4.69, 9.17) is 15.0 Å². The van der Waals surface area contributed by atoms with E-state index >= 15 is 0 Å². The number of fused-ring (bicyclic) bond motifs is 9. The van der Waals surface area contributed by atoms with E-state index in [1.54, 1.807) is 11.3 Å². The van der Waals surface area contributed by atoms with Gasteiger partial charge in [-0.3, -0.25) is 4.90 Å². The van der Waals surface area contributed by atoms with Gasteiger partial charge in [-0.05, 0) is 66.7 Å². The highest BCUT2D eigenvalue weighted by Gasteiger charge is 2.21. The fourth-order valence-corrected chi connectivity index (χ4v) is 10.6. The van der Waals surface area contributed by atoms with Crippen molar-refractivity contribution in [3.05, 3.63) is 158 Å². The molecule has 0 saturated heterocycles. The fraction of sp³-hybridized carbons (Fsp3) is 0. The van der Waals surface area contributed by atoms with Gasteiger partial charge in [0.25, 0.3) is 0 Å². The maximum atomic E-state index is 5.29. The summed E-state index contributed by atoms with van der Waals surface area (Å²) < 4.78 is 7.50. The zero-order valence-electron chi connectivity index (χ0n) is 27.5. The van der Waals surface area contributed by atoms with Crippen LogP contribution in [0.4, 0.5) is 17.3 Å². The number of nitrogens with zero attached hydrogens (tertiary/aromatic N) is 4. The topological polar surface area (TPSA) is 41.9 Å².